The van der Waals surface area contributed by atoms with Crippen LogP contribution in [-0.2, 0) is 4.79 Å². The number of piperidine rings is 1. The maximum absolute atomic E-state index is 13.5. The Balaban J connectivity index is 2.00. The number of hydrogen-bond acceptors (Lipinski definition) is 5. The van der Waals surface area contributed by atoms with Gasteiger partial charge in [-0.05, 0) is 61.6 Å². The molecule has 0 bridgehead atoms. The highest BCUT2D eigenvalue weighted by Crippen LogP contribution is 2.38. The van der Waals surface area contributed by atoms with E-state index in [1.807, 2.05) is 19.1 Å². The standard InChI is InChI=1S/C26H32N2O5/c1-17-8-10-20(11-9-17)25(29)27-21(26(30)28-12-6-7-18(2)16-28)13-19-14-22(31-3)24(33-5)23(15-19)32-4/h8-11,13-15,18H,6-7,12,16H2,1-5H3,(H,27,29). The van der Waals surface area contributed by atoms with Crippen molar-refractivity contribution in [2.24, 2.45) is 5.92 Å². The molecule has 2 aromatic carbocycles. The molecule has 7 heteroatoms. The zero-order valence-electron chi connectivity index (χ0n) is 19.9. The molecule has 1 fully saturated rings. The third-order valence-corrected chi connectivity index (χ3v) is 5.73. The van der Waals surface area contributed by atoms with Crippen LogP contribution in [0.4, 0.5) is 0 Å². The van der Waals surface area contributed by atoms with Crippen molar-refractivity contribution in [2.75, 3.05) is 34.4 Å². The lowest BCUT2D eigenvalue weighted by atomic mass is 10.00. The Hall–Kier alpha value is -3.48. The van der Waals surface area contributed by atoms with Gasteiger partial charge in [-0.15, -0.1) is 0 Å². The van der Waals surface area contributed by atoms with Crippen LogP contribution in [0.1, 0.15) is 41.3 Å². The van der Waals surface area contributed by atoms with E-state index >= 15 is 0 Å². The Labute approximate surface area is 195 Å². The van der Waals surface area contributed by atoms with Crippen molar-refractivity contribution < 1.29 is 23.8 Å². The molecule has 0 aliphatic carbocycles. The van der Waals surface area contributed by atoms with Crippen molar-refractivity contribution in [1.82, 2.24) is 10.2 Å². The average molecular weight is 453 g/mol. The Bertz CT molecular complexity index is 1000. The largest absolute Gasteiger partial charge is 0.493 e. The number of rotatable bonds is 7. The molecule has 2 aromatic rings. The molecule has 2 amide bonds. The highest BCUT2D eigenvalue weighted by Gasteiger charge is 2.25. The fourth-order valence-corrected chi connectivity index (χ4v) is 3.95. The zero-order valence-corrected chi connectivity index (χ0v) is 19.9. The van der Waals surface area contributed by atoms with Gasteiger partial charge in [0.05, 0.1) is 21.3 Å². The Morgan fingerprint density at radius 2 is 1.67 bits per heavy atom. The van der Waals surface area contributed by atoms with Gasteiger partial charge in [0.25, 0.3) is 11.8 Å². The van der Waals surface area contributed by atoms with E-state index < -0.39 is 0 Å². The Morgan fingerprint density at radius 3 is 2.21 bits per heavy atom. The number of nitrogens with one attached hydrogen (secondary N) is 1. The van der Waals surface area contributed by atoms with E-state index in [1.54, 1.807) is 35.2 Å². The number of methoxy groups -OCH3 is 3. The summed E-state index contributed by atoms with van der Waals surface area (Å²) in [4.78, 5) is 28.2. The smallest absolute Gasteiger partial charge is 0.270 e. The molecule has 0 saturated carbocycles. The van der Waals surface area contributed by atoms with Gasteiger partial charge >= 0.3 is 0 Å². The molecule has 1 unspecified atom stereocenters. The van der Waals surface area contributed by atoms with Gasteiger partial charge < -0.3 is 24.4 Å². The van der Waals surface area contributed by atoms with Gasteiger partial charge in [-0.2, -0.15) is 0 Å². The molecule has 3 rings (SSSR count). The van der Waals surface area contributed by atoms with Gasteiger partial charge in [0.15, 0.2) is 11.5 Å². The predicted octanol–water partition coefficient (Wildman–Crippen LogP) is 4.05. The molecule has 0 radical (unpaired) electrons. The minimum absolute atomic E-state index is 0.198. The zero-order chi connectivity index (χ0) is 24.0. The molecule has 1 heterocycles. The van der Waals surface area contributed by atoms with Gasteiger partial charge in [0.2, 0.25) is 5.75 Å². The third kappa shape index (κ3) is 5.86. The summed E-state index contributed by atoms with van der Waals surface area (Å²) in [5.41, 5.74) is 2.38. The van der Waals surface area contributed by atoms with E-state index in [-0.39, 0.29) is 17.5 Å². The van der Waals surface area contributed by atoms with Gasteiger partial charge in [-0.25, -0.2) is 0 Å². The minimum Gasteiger partial charge on any atom is -0.493 e. The van der Waals surface area contributed by atoms with Crippen LogP contribution in [0.15, 0.2) is 42.1 Å². The predicted molar refractivity (Wildman–Crippen MR) is 128 cm³/mol. The number of benzene rings is 2. The van der Waals surface area contributed by atoms with E-state index in [0.717, 1.165) is 18.4 Å². The maximum atomic E-state index is 13.5. The van der Waals surface area contributed by atoms with Crippen LogP contribution in [0.2, 0.25) is 0 Å². The number of nitrogens with zero attached hydrogens (tertiary/aromatic N) is 1. The summed E-state index contributed by atoms with van der Waals surface area (Å²) in [7, 11) is 4.60. The second-order valence-corrected chi connectivity index (χ2v) is 8.34. The number of carbonyl (C=O) groups excluding carboxylic acids is 2. The first kappa shape index (κ1) is 24.2. The first-order valence-electron chi connectivity index (χ1n) is 11.0. The first-order chi connectivity index (χ1) is 15.9. The lowest BCUT2D eigenvalue weighted by Crippen LogP contribution is -2.43. The van der Waals surface area contributed by atoms with Crippen LogP contribution in [0.5, 0.6) is 17.2 Å². The Kier molecular flexibility index (Phi) is 7.98. The van der Waals surface area contributed by atoms with Crippen LogP contribution in [0.25, 0.3) is 6.08 Å². The molecular weight excluding hydrogens is 420 g/mol. The molecule has 0 spiro atoms. The van der Waals surface area contributed by atoms with Crippen molar-refractivity contribution in [3.63, 3.8) is 0 Å². The lowest BCUT2D eigenvalue weighted by molar-refractivity contribution is -0.129. The van der Waals surface area contributed by atoms with Gasteiger partial charge in [0.1, 0.15) is 5.70 Å². The van der Waals surface area contributed by atoms with Gasteiger partial charge in [-0.1, -0.05) is 24.6 Å². The van der Waals surface area contributed by atoms with Crippen LogP contribution in [-0.4, -0.2) is 51.1 Å². The fraction of sp³-hybridized carbons (Fsp3) is 0.385. The second-order valence-electron chi connectivity index (χ2n) is 8.34. The summed E-state index contributed by atoms with van der Waals surface area (Å²) in [5.74, 6) is 1.25. The minimum atomic E-state index is -0.341. The van der Waals surface area contributed by atoms with E-state index in [4.69, 9.17) is 14.2 Å². The number of amides is 2. The van der Waals surface area contributed by atoms with E-state index in [2.05, 4.69) is 12.2 Å². The third-order valence-electron chi connectivity index (χ3n) is 5.73. The van der Waals surface area contributed by atoms with Crippen molar-refractivity contribution in [2.45, 2.75) is 26.7 Å². The molecule has 1 saturated heterocycles. The normalized spacial score (nSPS) is 16.2. The summed E-state index contributed by atoms with van der Waals surface area (Å²) >= 11 is 0. The van der Waals surface area contributed by atoms with Crippen LogP contribution in [0, 0.1) is 12.8 Å². The number of aryl methyl sites for hydroxylation is 1. The summed E-state index contributed by atoms with van der Waals surface area (Å²) < 4.78 is 16.3. The van der Waals surface area contributed by atoms with E-state index in [0.29, 0.717) is 47.4 Å². The molecule has 1 N–H and O–H groups in total. The quantitative estimate of drug-likeness (QED) is 0.642. The first-order valence-corrected chi connectivity index (χ1v) is 11.0. The molecule has 1 aliphatic heterocycles. The molecule has 1 aliphatic rings. The molecule has 7 nitrogen and oxygen atoms in total. The molecule has 1 atom stereocenters. The van der Waals surface area contributed by atoms with Crippen LogP contribution in [0.3, 0.4) is 0 Å². The van der Waals surface area contributed by atoms with Crippen LogP contribution < -0.4 is 19.5 Å². The summed E-state index contributed by atoms with van der Waals surface area (Å²) in [6.07, 6.45) is 3.68. The molecule has 0 aromatic heterocycles. The monoisotopic (exact) mass is 452 g/mol. The number of likely N-dealkylation sites (tertiary alicyclic amines) is 1. The Morgan fingerprint density at radius 1 is 1.03 bits per heavy atom. The van der Waals surface area contributed by atoms with Crippen molar-refractivity contribution in [3.8, 4) is 17.2 Å². The topological polar surface area (TPSA) is 77.1 Å². The maximum Gasteiger partial charge on any atom is 0.270 e. The van der Waals surface area contributed by atoms with Gasteiger partial charge in [-0.3, -0.25) is 9.59 Å². The highest BCUT2D eigenvalue weighted by atomic mass is 16.5. The van der Waals surface area contributed by atoms with Crippen molar-refractivity contribution >= 4 is 17.9 Å². The molecular formula is C26H32N2O5. The summed E-state index contributed by atoms with van der Waals surface area (Å²) in [6, 6.07) is 10.7. The van der Waals surface area contributed by atoms with E-state index in [9.17, 15) is 9.59 Å². The van der Waals surface area contributed by atoms with E-state index in [1.165, 1.54) is 21.3 Å². The average Bonchev–Trinajstić information content (AvgIpc) is 2.82. The molecule has 176 valence electrons. The van der Waals surface area contributed by atoms with Gasteiger partial charge in [0, 0.05) is 18.7 Å². The lowest BCUT2D eigenvalue weighted by Gasteiger charge is -2.31. The van der Waals surface area contributed by atoms with Crippen molar-refractivity contribution in [3.05, 3.63) is 58.8 Å². The number of hydrogen-bond donors (Lipinski definition) is 1. The number of ether oxygens (including phenoxy) is 3. The number of carbonyl (C=O) groups is 2. The molecule has 33 heavy (non-hydrogen) atoms. The van der Waals surface area contributed by atoms with Crippen molar-refractivity contribution in [1.29, 1.82) is 0 Å². The summed E-state index contributed by atoms with van der Waals surface area (Å²) in [5, 5.41) is 2.83. The highest BCUT2D eigenvalue weighted by molar-refractivity contribution is 6.05. The second kappa shape index (κ2) is 10.9. The van der Waals surface area contributed by atoms with Crippen LogP contribution >= 0.6 is 0 Å². The SMILES string of the molecule is COc1cc(C=C(NC(=O)c2ccc(C)cc2)C(=O)N2CCCC(C)C2)cc(OC)c1OC. The summed E-state index contributed by atoms with van der Waals surface area (Å²) in [6.45, 7) is 5.41. The fourth-order valence-electron chi connectivity index (χ4n) is 3.95.